The van der Waals surface area contributed by atoms with Gasteiger partial charge in [0.05, 0.1) is 17.5 Å². The molecule has 0 spiro atoms. The van der Waals surface area contributed by atoms with Crippen LogP contribution >= 0.6 is 0 Å². The van der Waals surface area contributed by atoms with Crippen LogP contribution in [0.3, 0.4) is 0 Å². The first-order valence-electron chi connectivity index (χ1n) is 7.06. The van der Waals surface area contributed by atoms with Gasteiger partial charge < -0.3 is 0 Å². The summed E-state index contributed by atoms with van der Waals surface area (Å²) in [5.74, 6) is 2.68. The summed E-state index contributed by atoms with van der Waals surface area (Å²) in [6.45, 7) is 2.15. The molecule has 0 aromatic heterocycles. The van der Waals surface area contributed by atoms with Crippen LogP contribution in [0.1, 0.15) is 31.7 Å². The van der Waals surface area contributed by atoms with E-state index in [2.05, 4.69) is 12.8 Å². The van der Waals surface area contributed by atoms with Crippen LogP contribution in [-0.2, 0) is 9.59 Å². The third kappa shape index (κ3) is 1.92. The van der Waals surface area contributed by atoms with Crippen molar-refractivity contribution in [2.24, 2.45) is 17.8 Å². The van der Waals surface area contributed by atoms with Gasteiger partial charge in [0.1, 0.15) is 0 Å². The molecule has 1 saturated heterocycles. The molecule has 1 saturated carbocycles. The Bertz CT molecular complexity index is 614. The lowest BCUT2D eigenvalue weighted by Crippen LogP contribution is -2.30. The monoisotopic (exact) mass is 267 g/mol. The summed E-state index contributed by atoms with van der Waals surface area (Å²) in [7, 11) is 0. The summed E-state index contributed by atoms with van der Waals surface area (Å²) in [5.41, 5.74) is 1.30. The van der Waals surface area contributed by atoms with Crippen molar-refractivity contribution in [2.45, 2.75) is 26.2 Å². The first-order valence-corrected chi connectivity index (χ1v) is 7.06. The number of hydrogen-bond donors (Lipinski definition) is 0. The average Bonchev–Trinajstić information content (AvgIpc) is 2.70. The molecular formula is C17H17NO2. The molecule has 2 amide bonds. The van der Waals surface area contributed by atoms with Crippen molar-refractivity contribution >= 4 is 17.5 Å². The van der Waals surface area contributed by atoms with Gasteiger partial charge in [-0.05, 0) is 43.4 Å². The molecule has 1 heterocycles. The molecular weight excluding hydrogens is 250 g/mol. The third-order valence-corrected chi connectivity index (χ3v) is 4.46. The van der Waals surface area contributed by atoms with Gasteiger partial charge in [-0.25, -0.2) is 0 Å². The predicted molar refractivity (Wildman–Crippen MR) is 76.9 cm³/mol. The van der Waals surface area contributed by atoms with Crippen LogP contribution in [0.25, 0.3) is 0 Å². The minimum Gasteiger partial charge on any atom is -0.274 e. The van der Waals surface area contributed by atoms with Crippen molar-refractivity contribution in [3.63, 3.8) is 0 Å². The van der Waals surface area contributed by atoms with Gasteiger partial charge >= 0.3 is 0 Å². The van der Waals surface area contributed by atoms with Crippen LogP contribution in [0, 0.1) is 30.1 Å². The van der Waals surface area contributed by atoms with Crippen molar-refractivity contribution < 1.29 is 9.59 Å². The molecule has 102 valence electrons. The summed E-state index contributed by atoms with van der Waals surface area (Å²) in [6.07, 6.45) is 8.05. The zero-order valence-electron chi connectivity index (χ0n) is 11.5. The number of anilines is 1. The van der Waals surface area contributed by atoms with Crippen LogP contribution in [0.15, 0.2) is 24.3 Å². The Hall–Kier alpha value is -2.08. The van der Waals surface area contributed by atoms with Crippen molar-refractivity contribution in [1.82, 2.24) is 0 Å². The summed E-state index contributed by atoms with van der Waals surface area (Å²) in [5, 5.41) is 0. The summed E-state index contributed by atoms with van der Waals surface area (Å²) >= 11 is 0. The van der Waals surface area contributed by atoms with Gasteiger partial charge in [0, 0.05) is 5.56 Å². The Morgan fingerprint density at radius 1 is 1.20 bits per heavy atom. The zero-order chi connectivity index (χ0) is 14.3. The molecule has 1 aliphatic carbocycles. The van der Waals surface area contributed by atoms with Gasteiger partial charge in [-0.3, -0.25) is 14.5 Å². The van der Waals surface area contributed by atoms with Gasteiger partial charge in [-0.2, -0.15) is 0 Å². The topological polar surface area (TPSA) is 37.4 Å². The quantitative estimate of drug-likeness (QED) is 0.579. The van der Waals surface area contributed by atoms with Crippen molar-refractivity contribution in [3.8, 4) is 12.3 Å². The highest BCUT2D eigenvalue weighted by Gasteiger charge is 2.49. The summed E-state index contributed by atoms with van der Waals surface area (Å²) in [6, 6.07) is 7.09. The number of imide groups is 1. The molecule has 1 aromatic carbocycles. The fourth-order valence-electron chi connectivity index (χ4n) is 3.38. The molecule has 3 atom stereocenters. The minimum absolute atomic E-state index is 0.0546. The Labute approximate surface area is 119 Å². The van der Waals surface area contributed by atoms with E-state index in [1.165, 1.54) is 4.90 Å². The molecule has 20 heavy (non-hydrogen) atoms. The standard InChI is InChI=1S/C17H17NO2/c1-3-12-5-4-6-13(10-12)18-16(19)14-8-7-11(2)9-15(14)17(18)20/h1,4-6,10-11,14-15H,7-9H2,2H3/t11-,14-,15+/m1/s1. The van der Waals surface area contributed by atoms with E-state index in [-0.39, 0.29) is 23.7 Å². The largest absolute Gasteiger partial charge is 0.274 e. The first-order chi connectivity index (χ1) is 9.61. The Morgan fingerprint density at radius 2 is 1.95 bits per heavy atom. The molecule has 1 aromatic rings. The van der Waals surface area contributed by atoms with Crippen molar-refractivity contribution in [1.29, 1.82) is 0 Å². The lowest BCUT2D eigenvalue weighted by atomic mass is 9.76. The van der Waals surface area contributed by atoms with E-state index < -0.39 is 0 Å². The molecule has 1 aliphatic heterocycles. The highest BCUT2D eigenvalue weighted by molar-refractivity contribution is 6.22. The van der Waals surface area contributed by atoms with Crippen molar-refractivity contribution in [2.75, 3.05) is 4.90 Å². The van der Waals surface area contributed by atoms with E-state index in [1.54, 1.807) is 24.3 Å². The van der Waals surface area contributed by atoms with Gasteiger partial charge in [0.15, 0.2) is 0 Å². The Kier molecular flexibility index (Phi) is 3.10. The highest BCUT2D eigenvalue weighted by Crippen LogP contribution is 2.42. The molecule has 0 unspecified atom stereocenters. The van der Waals surface area contributed by atoms with E-state index in [4.69, 9.17) is 6.42 Å². The second kappa shape index (κ2) is 4.79. The van der Waals surface area contributed by atoms with Gasteiger partial charge in [-0.15, -0.1) is 6.42 Å². The number of hydrogen-bond acceptors (Lipinski definition) is 2. The lowest BCUT2D eigenvalue weighted by Gasteiger charge is -2.25. The number of carbonyl (C=O) groups excluding carboxylic acids is 2. The zero-order valence-corrected chi connectivity index (χ0v) is 11.5. The average molecular weight is 267 g/mol. The van der Waals surface area contributed by atoms with Crippen LogP contribution in [-0.4, -0.2) is 11.8 Å². The number of terminal acetylenes is 1. The number of rotatable bonds is 1. The maximum Gasteiger partial charge on any atom is 0.237 e. The number of benzene rings is 1. The van der Waals surface area contributed by atoms with Crippen LogP contribution < -0.4 is 4.90 Å². The third-order valence-electron chi connectivity index (χ3n) is 4.46. The molecule has 3 heteroatoms. The summed E-state index contributed by atoms with van der Waals surface area (Å²) < 4.78 is 0. The molecule has 2 aliphatic rings. The van der Waals surface area contributed by atoms with Crippen LogP contribution in [0.2, 0.25) is 0 Å². The second-order valence-corrected chi connectivity index (χ2v) is 5.84. The van der Waals surface area contributed by atoms with E-state index in [0.29, 0.717) is 17.2 Å². The lowest BCUT2D eigenvalue weighted by molar-refractivity contribution is -0.122. The van der Waals surface area contributed by atoms with E-state index in [1.807, 2.05) is 0 Å². The van der Waals surface area contributed by atoms with Gasteiger partial charge in [0.2, 0.25) is 11.8 Å². The molecule has 0 N–H and O–H groups in total. The number of amides is 2. The first kappa shape index (κ1) is 12.9. The number of carbonyl (C=O) groups is 2. The molecule has 3 nitrogen and oxygen atoms in total. The maximum atomic E-state index is 12.5. The molecule has 2 fully saturated rings. The number of nitrogens with zero attached hydrogens (tertiary/aromatic N) is 1. The molecule has 0 radical (unpaired) electrons. The fraction of sp³-hybridized carbons (Fsp3) is 0.412. The van der Waals surface area contributed by atoms with Gasteiger partial charge in [0.25, 0.3) is 0 Å². The Balaban J connectivity index is 1.96. The molecule has 0 bridgehead atoms. The van der Waals surface area contributed by atoms with E-state index in [0.717, 1.165) is 19.3 Å². The minimum atomic E-state index is -0.138. The SMILES string of the molecule is C#Cc1cccc(N2C(=O)[C@H]3C[C@H](C)CC[C@H]3C2=O)c1. The number of fused-ring (bicyclic) bond motifs is 1. The highest BCUT2D eigenvalue weighted by atomic mass is 16.2. The second-order valence-electron chi connectivity index (χ2n) is 5.84. The van der Waals surface area contributed by atoms with E-state index >= 15 is 0 Å². The summed E-state index contributed by atoms with van der Waals surface area (Å²) in [4.78, 5) is 26.4. The normalized spacial score (nSPS) is 29.2. The smallest absolute Gasteiger partial charge is 0.237 e. The Morgan fingerprint density at radius 3 is 2.70 bits per heavy atom. The van der Waals surface area contributed by atoms with Crippen molar-refractivity contribution in [3.05, 3.63) is 29.8 Å². The maximum absolute atomic E-state index is 12.5. The van der Waals surface area contributed by atoms with E-state index in [9.17, 15) is 9.59 Å². The fourth-order valence-corrected chi connectivity index (χ4v) is 3.38. The van der Waals surface area contributed by atoms with Gasteiger partial charge in [-0.1, -0.05) is 18.9 Å². The van der Waals surface area contributed by atoms with Crippen LogP contribution in [0.5, 0.6) is 0 Å². The molecule has 3 rings (SSSR count). The van der Waals surface area contributed by atoms with Crippen LogP contribution in [0.4, 0.5) is 5.69 Å². The predicted octanol–water partition coefficient (Wildman–Crippen LogP) is 2.59.